The minimum atomic E-state index is -0.357. The lowest BCUT2D eigenvalue weighted by Crippen LogP contribution is -2.30. The maximum Gasteiger partial charge on any atom is 0.251 e. The zero-order chi connectivity index (χ0) is 13.1. The van der Waals surface area contributed by atoms with E-state index in [1.165, 1.54) is 18.2 Å². The van der Waals surface area contributed by atoms with Crippen LogP contribution in [0, 0.1) is 11.7 Å². The minimum Gasteiger partial charge on any atom is -0.352 e. The minimum absolute atomic E-state index is 0.148. The highest BCUT2D eigenvalue weighted by Gasteiger charge is 2.20. The van der Waals surface area contributed by atoms with Crippen molar-refractivity contribution in [3.8, 4) is 0 Å². The van der Waals surface area contributed by atoms with Crippen molar-refractivity contribution in [2.24, 2.45) is 5.92 Å². The predicted molar refractivity (Wildman–Crippen MR) is 72.0 cm³/mol. The highest BCUT2D eigenvalue weighted by atomic mass is 79.9. The molecule has 1 aromatic rings. The number of carbonyl (C=O) groups is 1. The molecule has 2 rings (SSSR count). The maximum absolute atomic E-state index is 13.1. The molecular formula is C13H16BrFN2O. The Labute approximate surface area is 114 Å². The lowest BCUT2D eigenvalue weighted by atomic mass is 10.1. The summed E-state index contributed by atoms with van der Waals surface area (Å²) in [6, 6.07) is 4.30. The molecule has 1 aliphatic rings. The normalized spacial score (nSPS) is 20.1. The van der Waals surface area contributed by atoms with Gasteiger partial charge < -0.3 is 10.2 Å². The second-order valence-electron chi connectivity index (χ2n) is 4.76. The van der Waals surface area contributed by atoms with Gasteiger partial charge in [-0.1, -0.05) is 0 Å². The Morgan fingerprint density at radius 2 is 2.39 bits per heavy atom. The number of halogens is 2. The number of nitrogens with zero attached hydrogens (tertiary/aromatic N) is 1. The largest absolute Gasteiger partial charge is 0.352 e. The van der Waals surface area contributed by atoms with Crippen molar-refractivity contribution in [3.63, 3.8) is 0 Å². The third-order valence-corrected chi connectivity index (χ3v) is 3.83. The van der Waals surface area contributed by atoms with E-state index in [0.29, 0.717) is 22.5 Å². The van der Waals surface area contributed by atoms with Crippen LogP contribution in [0.15, 0.2) is 22.7 Å². The first kappa shape index (κ1) is 13.5. The van der Waals surface area contributed by atoms with Crippen LogP contribution >= 0.6 is 15.9 Å². The molecule has 0 aromatic heterocycles. The smallest absolute Gasteiger partial charge is 0.251 e. The van der Waals surface area contributed by atoms with Gasteiger partial charge in [-0.3, -0.25) is 4.79 Å². The van der Waals surface area contributed by atoms with Crippen LogP contribution < -0.4 is 5.32 Å². The zero-order valence-corrected chi connectivity index (χ0v) is 11.8. The molecule has 0 aliphatic carbocycles. The molecular weight excluding hydrogens is 299 g/mol. The van der Waals surface area contributed by atoms with Gasteiger partial charge in [0.1, 0.15) is 5.82 Å². The van der Waals surface area contributed by atoms with Crippen molar-refractivity contribution < 1.29 is 9.18 Å². The summed E-state index contributed by atoms with van der Waals surface area (Å²) in [7, 11) is 2.08. The average Bonchev–Trinajstić information content (AvgIpc) is 2.75. The van der Waals surface area contributed by atoms with E-state index in [9.17, 15) is 9.18 Å². The van der Waals surface area contributed by atoms with Crippen molar-refractivity contribution in [2.75, 3.05) is 26.7 Å². The summed E-state index contributed by atoms with van der Waals surface area (Å²) in [5, 5.41) is 2.90. The van der Waals surface area contributed by atoms with Crippen molar-refractivity contribution in [2.45, 2.75) is 6.42 Å². The molecule has 1 amide bonds. The lowest BCUT2D eigenvalue weighted by molar-refractivity contribution is 0.0947. The molecule has 0 spiro atoms. The number of benzene rings is 1. The number of nitrogens with one attached hydrogen (secondary N) is 1. The monoisotopic (exact) mass is 314 g/mol. The third-order valence-electron chi connectivity index (χ3n) is 3.22. The van der Waals surface area contributed by atoms with E-state index >= 15 is 0 Å². The van der Waals surface area contributed by atoms with Gasteiger partial charge in [-0.05, 0) is 60.1 Å². The topological polar surface area (TPSA) is 32.3 Å². The average molecular weight is 315 g/mol. The summed E-state index contributed by atoms with van der Waals surface area (Å²) >= 11 is 3.08. The van der Waals surface area contributed by atoms with Crippen molar-refractivity contribution in [1.82, 2.24) is 10.2 Å². The molecule has 0 bridgehead atoms. The molecule has 18 heavy (non-hydrogen) atoms. The van der Waals surface area contributed by atoms with Crippen molar-refractivity contribution in [1.29, 1.82) is 0 Å². The number of likely N-dealkylation sites (tertiary alicyclic amines) is 1. The maximum atomic E-state index is 13.1. The number of hydrogen-bond acceptors (Lipinski definition) is 2. The predicted octanol–water partition coefficient (Wildman–Crippen LogP) is 2.27. The number of rotatable bonds is 3. The molecule has 98 valence electrons. The molecule has 0 saturated carbocycles. The van der Waals surface area contributed by atoms with E-state index < -0.39 is 0 Å². The fraction of sp³-hybridized carbons (Fsp3) is 0.462. The van der Waals surface area contributed by atoms with E-state index in [4.69, 9.17) is 0 Å². The van der Waals surface area contributed by atoms with Crippen LogP contribution in [0.3, 0.4) is 0 Å². The highest BCUT2D eigenvalue weighted by Crippen LogP contribution is 2.17. The number of hydrogen-bond donors (Lipinski definition) is 1. The van der Waals surface area contributed by atoms with Crippen LogP contribution in [0.5, 0.6) is 0 Å². The van der Waals surface area contributed by atoms with Crippen LogP contribution in [-0.4, -0.2) is 37.5 Å². The summed E-state index contributed by atoms with van der Waals surface area (Å²) in [6.45, 7) is 2.79. The van der Waals surface area contributed by atoms with Gasteiger partial charge >= 0.3 is 0 Å². The summed E-state index contributed by atoms with van der Waals surface area (Å²) in [5.74, 6) is 0.0112. The molecule has 1 aromatic carbocycles. The van der Waals surface area contributed by atoms with Gasteiger partial charge in [0, 0.05) is 18.7 Å². The Morgan fingerprint density at radius 1 is 1.61 bits per heavy atom. The van der Waals surface area contributed by atoms with E-state index in [1.54, 1.807) is 0 Å². The van der Waals surface area contributed by atoms with Crippen LogP contribution in [-0.2, 0) is 0 Å². The third kappa shape index (κ3) is 3.29. The first-order valence-corrected chi connectivity index (χ1v) is 6.77. The van der Waals surface area contributed by atoms with Crippen LogP contribution in [0.4, 0.5) is 4.39 Å². The first-order valence-electron chi connectivity index (χ1n) is 5.98. The van der Waals surface area contributed by atoms with Gasteiger partial charge in [0.25, 0.3) is 5.91 Å². The van der Waals surface area contributed by atoms with Gasteiger partial charge in [0.15, 0.2) is 0 Å². The molecule has 1 N–H and O–H groups in total. The fourth-order valence-electron chi connectivity index (χ4n) is 2.17. The summed E-state index contributed by atoms with van der Waals surface area (Å²) in [4.78, 5) is 14.1. The zero-order valence-electron chi connectivity index (χ0n) is 10.2. The molecule has 1 fully saturated rings. The molecule has 0 radical (unpaired) electrons. The number of carbonyl (C=O) groups excluding carboxylic acids is 1. The summed E-state index contributed by atoms with van der Waals surface area (Å²) in [6.07, 6.45) is 1.11. The molecule has 1 atom stereocenters. The van der Waals surface area contributed by atoms with Gasteiger partial charge in [-0.2, -0.15) is 0 Å². The van der Waals surface area contributed by atoms with Gasteiger partial charge in [0.2, 0.25) is 0 Å². The van der Waals surface area contributed by atoms with E-state index in [1.807, 2.05) is 0 Å². The Balaban J connectivity index is 1.89. The highest BCUT2D eigenvalue weighted by molar-refractivity contribution is 9.10. The Kier molecular flexibility index (Phi) is 4.35. The SMILES string of the molecule is CN1CCC(CNC(=O)c2ccc(F)c(Br)c2)C1. The number of amides is 1. The van der Waals surface area contributed by atoms with E-state index in [2.05, 4.69) is 33.2 Å². The van der Waals surface area contributed by atoms with Crippen LogP contribution in [0.25, 0.3) is 0 Å². The van der Waals surface area contributed by atoms with Crippen LogP contribution in [0.1, 0.15) is 16.8 Å². The van der Waals surface area contributed by atoms with Crippen molar-refractivity contribution >= 4 is 21.8 Å². The van der Waals surface area contributed by atoms with Gasteiger partial charge in [-0.15, -0.1) is 0 Å². The lowest BCUT2D eigenvalue weighted by Gasteiger charge is -2.11. The fourth-order valence-corrected chi connectivity index (χ4v) is 2.55. The van der Waals surface area contributed by atoms with Gasteiger partial charge in [-0.25, -0.2) is 4.39 Å². The van der Waals surface area contributed by atoms with Crippen molar-refractivity contribution in [3.05, 3.63) is 34.1 Å². The second kappa shape index (κ2) is 5.80. The van der Waals surface area contributed by atoms with E-state index in [0.717, 1.165) is 19.5 Å². The molecule has 1 heterocycles. The Morgan fingerprint density at radius 3 is 3.00 bits per heavy atom. The standard InChI is InChI=1S/C13H16BrFN2O/c1-17-5-4-9(8-17)7-16-13(18)10-2-3-12(15)11(14)6-10/h2-3,6,9H,4-5,7-8H2,1H3,(H,16,18). The second-order valence-corrected chi connectivity index (χ2v) is 5.61. The van der Waals surface area contributed by atoms with E-state index in [-0.39, 0.29) is 11.7 Å². The molecule has 1 aliphatic heterocycles. The Bertz CT molecular complexity index is 453. The molecule has 1 saturated heterocycles. The first-order chi connectivity index (χ1) is 8.56. The summed E-state index contributed by atoms with van der Waals surface area (Å²) in [5.41, 5.74) is 0.481. The molecule has 3 nitrogen and oxygen atoms in total. The molecule has 1 unspecified atom stereocenters. The Hall–Kier alpha value is -0.940. The summed E-state index contributed by atoms with van der Waals surface area (Å²) < 4.78 is 13.4. The van der Waals surface area contributed by atoms with Gasteiger partial charge in [0.05, 0.1) is 4.47 Å². The quantitative estimate of drug-likeness (QED) is 0.928. The molecule has 5 heteroatoms. The van der Waals surface area contributed by atoms with Crippen LogP contribution in [0.2, 0.25) is 0 Å².